The molecular formula is C22H24N4O4. The van der Waals surface area contributed by atoms with Crippen LogP contribution in [0.15, 0.2) is 41.3 Å². The van der Waals surface area contributed by atoms with Gasteiger partial charge < -0.3 is 19.5 Å². The minimum absolute atomic E-state index is 0.0104. The molecule has 2 fully saturated rings. The van der Waals surface area contributed by atoms with E-state index in [-0.39, 0.29) is 29.1 Å². The average Bonchev–Trinajstić information content (AvgIpc) is 3.35. The highest BCUT2D eigenvalue weighted by molar-refractivity contribution is 5.99. The van der Waals surface area contributed by atoms with Crippen LogP contribution in [0, 0.1) is 0 Å². The molecule has 3 aliphatic rings. The summed E-state index contributed by atoms with van der Waals surface area (Å²) in [5, 5.41) is 2.80. The number of aromatic nitrogens is 1. The third-order valence-corrected chi connectivity index (χ3v) is 6.38. The van der Waals surface area contributed by atoms with E-state index >= 15 is 0 Å². The summed E-state index contributed by atoms with van der Waals surface area (Å²) in [6, 6.07) is 9.87. The monoisotopic (exact) mass is 408 g/mol. The van der Waals surface area contributed by atoms with Crippen LogP contribution in [0.3, 0.4) is 0 Å². The van der Waals surface area contributed by atoms with Crippen LogP contribution in [0.1, 0.15) is 39.3 Å². The first kappa shape index (κ1) is 18.9. The minimum Gasteiger partial charge on any atom is -0.491 e. The summed E-state index contributed by atoms with van der Waals surface area (Å²) in [6.45, 7) is 2.48. The highest BCUT2D eigenvalue weighted by Crippen LogP contribution is 2.35. The van der Waals surface area contributed by atoms with Crippen molar-refractivity contribution in [1.29, 1.82) is 0 Å². The molecule has 2 atom stereocenters. The third-order valence-electron chi connectivity index (χ3n) is 6.38. The van der Waals surface area contributed by atoms with Crippen LogP contribution in [0.5, 0.6) is 5.75 Å². The number of pyridine rings is 1. The van der Waals surface area contributed by atoms with Gasteiger partial charge in [0, 0.05) is 31.9 Å². The summed E-state index contributed by atoms with van der Waals surface area (Å²) in [7, 11) is 1.37. The number of rotatable bonds is 4. The van der Waals surface area contributed by atoms with E-state index in [2.05, 4.69) is 10.2 Å². The molecule has 1 aromatic heterocycles. The second-order valence-electron chi connectivity index (χ2n) is 8.05. The maximum Gasteiger partial charge on any atom is 0.275 e. The first-order chi connectivity index (χ1) is 14.6. The van der Waals surface area contributed by atoms with Crippen molar-refractivity contribution in [1.82, 2.24) is 19.7 Å². The highest BCUT2D eigenvalue weighted by Gasteiger charge is 2.48. The molecule has 0 radical (unpaired) electrons. The van der Waals surface area contributed by atoms with Crippen molar-refractivity contribution in [2.45, 2.75) is 38.1 Å². The average molecular weight is 408 g/mol. The Kier molecular flexibility index (Phi) is 4.58. The molecule has 0 saturated carbocycles. The van der Waals surface area contributed by atoms with Crippen molar-refractivity contribution in [2.75, 3.05) is 20.2 Å². The number of nitrogens with zero attached hydrogens (tertiary/aromatic N) is 3. The summed E-state index contributed by atoms with van der Waals surface area (Å²) < 4.78 is 7.06. The van der Waals surface area contributed by atoms with Crippen molar-refractivity contribution in [2.24, 2.45) is 0 Å². The molecule has 1 aromatic carbocycles. The van der Waals surface area contributed by atoms with Gasteiger partial charge in [-0.05, 0) is 18.4 Å². The fraction of sp³-hybridized carbons (Fsp3) is 0.409. The van der Waals surface area contributed by atoms with E-state index in [0.29, 0.717) is 25.7 Å². The van der Waals surface area contributed by atoms with Crippen molar-refractivity contribution in [3.8, 4) is 5.75 Å². The van der Waals surface area contributed by atoms with Crippen molar-refractivity contribution in [3.05, 3.63) is 63.6 Å². The number of benzene rings is 1. The Bertz CT molecular complexity index is 1060. The predicted octanol–water partition coefficient (Wildman–Crippen LogP) is 1.05. The van der Waals surface area contributed by atoms with Gasteiger partial charge >= 0.3 is 0 Å². The Morgan fingerprint density at radius 1 is 1.20 bits per heavy atom. The second kappa shape index (κ2) is 7.28. The maximum atomic E-state index is 13.2. The normalized spacial score (nSPS) is 22.4. The molecule has 0 spiro atoms. The number of carbonyl (C=O) groups excluding carboxylic acids is 2. The Balaban J connectivity index is 1.48. The number of carbonyl (C=O) groups is 2. The van der Waals surface area contributed by atoms with E-state index in [9.17, 15) is 14.4 Å². The molecule has 0 bridgehead atoms. The molecule has 8 nitrogen and oxygen atoms in total. The number of ether oxygens (including phenoxy) is 1. The summed E-state index contributed by atoms with van der Waals surface area (Å²) >= 11 is 0. The van der Waals surface area contributed by atoms with E-state index in [0.717, 1.165) is 24.9 Å². The molecule has 4 heterocycles. The largest absolute Gasteiger partial charge is 0.491 e. The van der Waals surface area contributed by atoms with Crippen LogP contribution < -0.4 is 15.5 Å². The molecule has 2 aromatic rings. The predicted molar refractivity (Wildman–Crippen MR) is 109 cm³/mol. The summed E-state index contributed by atoms with van der Waals surface area (Å²) in [5.41, 5.74) is 0.608. The first-order valence-corrected chi connectivity index (χ1v) is 10.3. The van der Waals surface area contributed by atoms with E-state index < -0.39 is 11.3 Å². The van der Waals surface area contributed by atoms with Crippen molar-refractivity contribution >= 4 is 11.8 Å². The number of methoxy groups -OCH3 is 1. The van der Waals surface area contributed by atoms with Crippen molar-refractivity contribution in [3.63, 3.8) is 0 Å². The van der Waals surface area contributed by atoms with Gasteiger partial charge in [0.25, 0.3) is 11.8 Å². The van der Waals surface area contributed by atoms with Crippen LogP contribution in [0.25, 0.3) is 0 Å². The van der Waals surface area contributed by atoms with Crippen LogP contribution in [-0.4, -0.2) is 58.6 Å². The fourth-order valence-electron chi connectivity index (χ4n) is 4.94. The van der Waals surface area contributed by atoms with Gasteiger partial charge in [0.05, 0.1) is 13.7 Å². The number of hydrogen-bond donors (Lipinski definition) is 1. The van der Waals surface area contributed by atoms with Gasteiger partial charge in [-0.1, -0.05) is 30.3 Å². The molecule has 0 aliphatic carbocycles. The molecule has 156 valence electrons. The molecule has 30 heavy (non-hydrogen) atoms. The molecular weight excluding hydrogens is 384 g/mol. The Morgan fingerprint density at radius 2 is 2.00 bits per heavy atom. The molecule has 3 aliphatic heterocycles. The number of fused-ring (bicyclic) bond motifs is 4. The smallest absolute Gasteiger partial charge is 0.275 e. The number of hydrogen-bond acceptors (Lipinski definition) is 5. The zero-order valence-electron chi connectivity index (χ0n) is 16.8. The maximum absolute atomic E-state index is 13.2. The van der Waals surface area contributed by atoms with Gasteiger partial charge in [-0.3, -0.25) is 19.3 Å². The van der Waals surface area contributed by atoms with Gasteiger partial charge in [-0.2, -0.15) is 0 Å². The Labute approximate surface area is 174 Å². The van der Waals surface area contributed by atoms with E-state index in [4.69, 9.17) is 4.74 Å². The van der Waals surface area contributed by atoms with E-state index in [1.165, 1.54) is 13.3 Å². The zero-order chi connectivity index (χ0) is 20.8. The van der Waals surface area contributed by atoms with Gasteiger partial charge in [-0.25, -0.2) is 0 Å². The van der Waals surface area contributed by atoms with Crippen LogP contribution >= 0.6 is 0 Å². The molecule has 5 rings (SSSR count). The lowest BCUT2D eigenvalue weighted by atomic mass is 10.1. The minimum atomic E-state index is -0.555. The molecule has 2 saturated heterocycles. The third kappa shape index (κ3) is 2.90. The second-order valence-corrected chi connectivity index (χ2v) is 8.05. The highest BCUT2D eigenvalue weighted by atomic mass is 16.5. The molecule has 1 N–H and O–H groups in total. The number of amides is 2. The topological polar surface area (TPSA) is 83.9 Å². The van der Waals surface area contributed by atoms with Crippen LogP contribution in [0.2, 0.25) is 0 Å². The van der Waals surface area contributed by atoms with Gasteiger partial charge in [0.1, 0.15) is 11.7 Å². The van der Waals surface area contributed by atoms with Gasteiger partial charge in [0.2, 0.25) is 5.43 Å². The van der Waals surface area contributed by atoms with E-state index in [1.54, 1.807) is 4.57 Å². The molecule has 8 heteroatoms. The summed E-state index contributed by atoms with van der Waals surface area (Å²) in [4.78, 5) is 43.2. The number of nitrogens with one attached hydrogen (secondary N) is 1. The Hall–Kier alpha value is -3.13. The lowest BCUT2D eigenvalue weighted by Gasteiger charge is -2.36. The fourth-order valence-corrected chi connectivity index (χ4v) is 4.94. The molecule has 2 amide bonds. The lowest BCUT2D eigenvalue weighted by molar-refractivity contribution is 0.0513. The zero-order valence-corrected chi connectivity index (χ0v) is 16.8. The summed E-state index contributed by atoms with van der Waals surface area (Å²) in [5.74, 6) is -0.735. The molecule has 0 unspecified atom stereocenters. The Morgan fingerprint density at radius 3 is 2.77 bits per heavy atom. The van der Waals surface area contributed by atoms with Crippen LogP contribution in [-0.2, 0) is 13.1 Å². The first-order valence-electron chi connectivity index (χ1n) is 10.3. The lowest BCUT2D eigenvalue weighted by Crippen LogP contribution is -2.50. The standard InChI is InChI=1S/C22H24N4O4/c1-30-20-18-22(29)26-11-15-8-5-9-25(15)17(26)13-24(18)12-16(19(20)27)21(28)23-10-14-6-3-2-4-7-14/h2-4,6-7,12,15,17H,5,8-11,13H2,1H3,(H,23,28)/t15-,17+/m1/s1. The van der Waals surface area contributed by atoms with Gasteiger partial charge in [-0.15, -0.1) is 0 Å². The van der Waals surface area contributed by atoms with Gasteiger partial charge in [0.15, 0.2) is 11.4 Å². The van der Waals surface area contributed by atoms with Crippen LogP contribution in [0.4, 0.5) is 0 Å². The quantitative estimate of drug-likeness (QED) is 0.818. The van der Waals surface area contributed by atoms with Crippen molar-refractivity contribution < 1.29 is 14.3 Å². The SMILES string of the molecule is COc1c2n(cc(C(=O)NCc3ccccc3)c1=O)C[C@@H]1N(C[C@H]3CCCN31)C2=O. The summed E-state index contributed by atoms with van der Waals surface area (Å²) in [6.07, 6.45) is 3.69. The van der Waals surface area contributed by atoms with E-state index in [1.807, 2.05) is 35.2 Å².